The number of amides is 2. The molecule has 8 heteroatoms. The Morgan fingerprint density at radius 2 is 1.92 bits per heavy atom. The molecule has 0 fully saturated rings. The Hall–Kier alpha value is -3.42. The van der Waals surface area contributed by atoms with Crippen LogP contribution in [0.5, 0.6) is 0 Å². The van der Waals surface area contributed by atoms with Gasteiger partial charge in [0.05, 0.1) is 11.4 Å². The van der Waals surface area contributed by atoms with E-state index in [1.807, 2.05) is 18.2 Å². The van der Waals surface area contributed by atoms with Crippen molar-refractivity contribution in [1.82, 2.24) is 4.57 Å². The van der Waals surface area contributed by atoms with Crippen LogP contribution in [0.4, 0.5) is 11.4 Å². The lowest BCUT2D eigenvalue weighted by molar-refractivity contribution is -0.119. The topological polar surface area (TPSA) is 110 Å². The summed E-state index contributed by atoms with van der Waals surface area (Å²) in [5, 5.41) is 8.40. The molecule has 0 spiro atoms. The number of carbonyl (C=O) groups is 2. The first-order valence-electron chi connectivity index (χ1n) is 7.65. The van der Waals surface area contributed by atoms with Crippen molar-refractivity contribution in [3.8, 4) is 0 Å². The molecule has 0 radical (unpaired) electrons. The molecule has 3 N–H and O–H groups in total. The number of aryl methyl sites for hydroxylation is 1. The summed E-state index contributed by atoms with van der Waals surface area (Å²) in [6.07, 6.45) is 1.62. The van der Waals surface area contributed by atoms with Crippen molar-refractivity contribution in [3.05, 3.63) is 59.0 Å². The number of nitrogens with two attached hydrogens (primary N) is 1. The van der Waals surface area contributed by atoms with Crippen molar-refractivity contribution in [2.75, 3.05) is 10.3 Å². The third-order valence-corrected chi connectivity index (χ3v) is 3.87. The van der Waals surface area contributed by atoms with Crippen molar-refractivity contribution in [3.63, 3.8) is 0 Å². The van der Waals surface area contributed by atoms with E-state index in [-0.39, 0.29) is 17.7 Å². The molecule has 2 aromatic rings. The Morgan fingerprint density at radius 1 is 1.20 bits per heavy atom. The molecule has 1 aliphatic heterocycles. The maximum Gasteiger partial charge on any atom is 0.272 e. The molecule has 3 rings (SSSR count). The third kappa shape index (κ3) is 3.42. The van der Waals surface area contributed by atoms with Crippen molar-refractivity contribution in [2.24, 2.45) is 17.9 Å². The maximum absolute atomic E-state index is 12.4. The SMILES string of the molecule is Cn1cc(NC(=O)C2=NN(c3ccccc3)[C@H](C(N)=O)C2)ccc1=O. The van der Waals surface area contributed by atoms with Crippen molar-refractivity contribution < 1.29 is 9.59 Å². The summed E-state index contributed by atoms with van der Waals surface area (Å²) in [6, 6.07) is 11.2. The van der Waals surface area contributed by atoms with E-state index in [4.69, 9.17) is 5.73 Å². The number of benzene rings is 1. The molecule has 0 aliphatic carbocycles. The average molecular weight is 339 g/mol. The summed E-state index contributed by atoms with van der Waals surface area (Å²) in [5.74, 6) is -0.999. The smallest absolute Gasteiger partial charge is 0.272 e. The van der Waals surface area contributed by atoms with Gasteiger partial charge in [0.2, 0.25) is 11.5 Å². The molecule has 0 unspecified atom stereocenters. The predicted molar refractivity (Wildman–Crippen MR) is 94.3 cm³/mol. The number of pyridine rings is 1. The van der Waals surface area contributed by atoms with E-state index in [2.05, 4.69) is 10.4 Å². The highest BCUT2D eigenvalue weighted by atomic mass is 16.2. The van der Waals surface area contributed by atoms with Crippen molar-refractivity contribution in [2.45, 2.75) is 12.5 Å². The summed E-state index contributed by atoms with van der Waals surface area (Å²) in [7, 11) is 1.59. The zero-order valence-corrected chi connectivity index (χ0v) is 13.5. The van der Waals surface area contributed by atoms with E-state index in [0.29, 0.717) is 11.4 Å². The maximum atomic E-state index is 12.4. The quantitative estimate of drug-likeness (QED) is 0.842. The largest absolute Gasteiger partial charge is 0.368 e. The van der Waals surface area contributed by atoms with Gasteiger partial charge in [-0.3, -0.25) is 19.4 Å². The number of anilines is 2. The molecule has 25 heavy (non-hydrogen) atoms. The average Bonchev–Trinajstić information content (AvgIpc) is 3.05. The number of hydrazone groups is 1. The third-order valence-electron chi connectivity index (χ3n) is 3.87. The first kappa shape index (κ1) is 16.4. The molecule has 1 atom stereocenters. The Labute approximate surface area is 143 Å². The lowest BCUT2D eigenvalue weighted by Crippen LogP contribution is -2.39. The van der Waals surface area contributed by atoms with Crippen molar-refractivity contribution >= 4 is 28.9 Å². The van der Waals surface area contributed by atoms with Gasteiger partial charge in [-0.1, -0.05) is 18.2 Å². The van der Waals surface area contributed by atoms with Gasteiger partial charge in [-0.05, 0) is 18.2 Å². The number of aromatic nitrogens is 1. The second-order valence-corrected chi connectivity index (χ2v) is 5.67. The molecule has 8 nitrogen and oxygen atoms in total. The number of carbonyl (C=O) groups excluding carboxylic acids is 2. The van der Waals surface area contributed by atoms with Crippen LogP contribution >= 0.6 is 0 Å². The second kappa shape index (κ2) is 6.60. The Kier molecular flexibility index (Phi) is 4.34. The fraction of sp³-hybridized carbons (Fsp3) is 0.176. The van der Waals surface area contributed by atoms with Crippen molar-refractivity contribution in [1.29, 1.82) is 0 Å². The number of nitrogens with one attached hydrogen (secondary N) is 1. The van der Waals surface area contributed by atoms with E-state index in [1.54, 1.807) is 19.2 Å². The number of hydrogen-bond donors (Lipinski definition) is 2. The normalized spacial score (nSPS) is 16.4. The van der Waals surface area contributed by atoms with Crippen LogP contribution in [0.2, 0.25) is 0 Å². The van der Waals surface area contributed by atoms with E-state index in [1.165, 1.54) is 27.9 Å². The predicted octanol–water partition coefficient (Wildman–Crippen LogP) is 0.444. The molecule has 0 bridgehead atoms. The van der Waals surface area contributed by atoms with Gasteiger partial charge in [0.15, 0.2) is 0 Å². The molecular formula is C17H17N5O3. The van der Waals surface area contributed by atoms with Crippen LogP contribution in [0.25, 0.3) is 0 Å². The number of rotatable bonds is 4. The molecule has 128 valence electrons. The highest BCUT2D eigenvalue weighted by molar-refractivity contribution is 6.44. The van der Waals surface area contributed by atoms with Crippen LogP contribution in [-0.4, -0.2) is 28.1 Å². The molecule has 0 saturated heterocycles. The first-order chi connectivity index (χ1) is 12.0. The number of para-hydroxylation sites is 1. The zero-order chi connectivity index (χ0) is 18.0. The first-order valence-corrected chi connectivity index (χ1v) is 7.65. The Balaban J connectivity index is 1.83. The minimum absolute atomic E-state index is 0.113. The summed E-state index contributed by atoms with van der Waals surface area (Å²) >= 11 is 0. The standard InChI is InChI=1S/C17H17N5O3/c1-21-10-11(7-8-15(21)23)19-17(25)13-9-14(16(18)24)22(20-13)12-5-3-2-4-6-12/h2-8,10,14H,9H2,1H3,(H2,18,24)(H,19,25)/t14-/m0/s1. The van der Waals surface area contributed by atoms with Gasteiger partial charge in [0.25, 0.3) is 5.91 Å². The Morgan fingerprint density at radius 3 is 2.56 bits per heavy atom. The number of nitrogens with zero attached hydrogens (tertiary/aromatic N) is 3. The second-order valence-electron chi connectivity index (χ2n) is 5.67. The molecule has 1 aromatic heterocycles. The molecule has 0 saturated carbocycles. The van der Waals surface area contributed by atoms with Gasteiger partial charge in [0.1, 0.15) is 11.8 Å². The van der Waals surface area contributed by atoms with Crippen LogP contribution in [0, 0.1) is 0 Å². The van der Waals surface area contributed by atoms with Gasteiger partial charge in [-0.15, -0.1) is 0 Å². The number of hydrogen-bond acceptors (Lipinski definition) is 5. The minimum atomic E-state index is -0.719. The van der Waals surface area contributed by atoms with Gasteiger partial charge >= 0.3 is 0 Å². The molecule has 2 heterocycles. The van der Waals surface area contributed by atoms with E-state index in [0.717, 1.165) is 0 Å². The minimum Gasteiger partial charge on any atom is -0.368 e. The van der Waals surface area contributed by atoms with Crippen LogP contribution in [0.15, 0.2) is 58.6 Å². The molecular weight excluding hydrogens is 322 g/mol. The van der Waals surface area contributed by atoms with E-state index < -0.39 is 17.9 Å². The van der Waals surface area contributed by atoms with Gasteiger partial charge < -0.3 is 15.6 Å². The van der Waals surface area contributed by atoms with E-state index >= 15 is 0 Å². The fourth-order valence-electron chi connectivity index (χ4n) is 2.56. The lowest BCUT2D eigenvalue weighted by Gasteiger charge is -2.20. The number of primary amides is 1. The van der Waals surface area contributed by atoms with Crippen LogP contribution in [0.3, 0.4) is 0 Å². The fourth-order valence-corrected chi connectivity index (χ4v) is 2.56. The van der Waals surface area contributed by atoms with Gasteiger partial charge in [0, 0.05) is 25.7 Å². The zero-order valence-electron chi connectivity index (χ0n) is 13.5. The summed E-state index contributed by atoms with van der Waals surface area (Å²) in [4.78, 5) is 35.6. The van der Waals surface area contributed by atoms with E-state index in [9.17, 15) is 14.4 Å². The Bertz CT molecular complexity index is 904. The highest BCUT2D eigenvalue weighted by Crippen LogP contribution is 2.24. The van der Waals surface area contributed by atoms with Crippen LogP contribution in [-0.2, 0) is 16.6 Å². The van der Waals surface area contributed by atoms with Gasteiger partial charge in [-0.25, -0.2) is 0 Å². The lowest BCUT2D eigenvalue weighted by atomic mass is 10.1. The summed E-state index contributed by atoms with van der Waals surface area (Å²) in [6.45, 7) is 0. The molecule has 1 aliphatic rings. The van der Waals surface area contributed by atoms with Crippen LogP contribution < -0.4 is 21.6 Å². The molecule has 2 amide bonds. The highest BCUT2D eigenvalue weighted by Gasteiger charge is 2.34. The monoisotopic (exact) mass is 339 g/mol. The van der Waals surface area contributed by atoms with Crippen LogP contribution in [0.1, 0.15) is 6.42 Å². The van der Waals surface area contributed by atoms with Gasteiger partial charge in [-0.2, -0.15) is 5.10 Å². The summed E-state index contributed by atoms with van der Waals surface area (Å²) in [5.41, 5.74) is 6.61. The molecule has 1 aromatic carbocycles. The summed E-state index contributed by atoms with van der Waals surface area (Å²) < 4.78 is 1.36.